The van der Waals surface area contributed by atoms with Gasteiger partial charge >= 0.3 is 0 Å². The Kier molecular flexibility index (Phi) is 4.79. The first kappa shape index (κ1) is 16.4. The lowest BCUT2D eigenvalue weighted by molar-refractivity contribution is -0.106. The van der Waals surface area contributed by atoms with E-state index < -0.39 is 5.66 Å². The Hall–Kier alpha value is -1.97. The van der Waals surface area contributed by atoms with Gasteiger partial charge in [0.2, 0.25) is 0 Å². The van der Waals surface area contributed by atoms with Gasteiger partial charge in [-0.2, -0.15) is 5.48 Å². The summed E-state index contributed by atoms with van der Waals surface area (Å²) >= 11 is 0. The minimum atomic E-state index is -0.865. The Balaban J connectivity index is 2.27. The number of nitrogens with one attached hydrogen (secondary N) is 1. The van der Waals surface area contributed by atoms with E-state index in [4.69, 9.17) is 10.6 Å². The lowest BCUT2D eigenvalue weighted by Gasteiger charge is -2.31. The second-order valence-corrected chi connectivity index (χ2v) is 6.02. The third kappa shape index (κ3) is 3.81. The molecule has 0 aromatic heterocycles. The third-order valence-corrected chi connectivity index (χ3v) is 3.78. The van der Waals surface area contributed by atoms with Crippen LogP contribution >= 0.6 is 0 Å². The van der Waals surface area contributed by atoms with E-state index in [0.717, 1.165) is 17.2 Å². The maximum atomic E-state index is 11.0. The highest BCUT2D eigenvalue weighted by Crippen LogP contribution is 2.17. The Morgan fingerprint density at radius 3 is 2.50 bits per heavy atom. The summed E-state index contributed by atoms with van der Waals surface area (Å²) in [5.41, 5.74) is 8.89. The molecule has 1 aliphatic carbocycles. The lowest BCUT2D eigenvalue weighted by atomic mass is 9.99. The quantitative estimate of drug-likeness (QED) is 0.638. The zero-order valence-corrected chi connectivity index (χ0v) is 13.2. The molecule has 1 aliphatic rings. The molecular formula is C18H22N2O2. The first-order chi connectivity index (χ1) is 10.4. The Morgan fingerprint density at radius 1 is 1.27 bits per heavy atom. The summed E-state index contributed by atoms with van der Waals surface area (Å²) in [7, 11) is 0. The fraction of sp³-hybridized carbons (Fsp3) is 0.333. The summed E-state index contributed by atoms with van der Waals surface area (Å²) in [6, 6.07) is 7.33. The van der Waals surface area contributed by atoms with Crippen molar-refractivity contribution in [1.82, 2.24) is 5.48 Å². The topological polar surface area (TPSA) is 64.3 Å². The second-order valence-electron chi connectivity index (χ2n) is 6.02. The number of hydroxylamine groups is 1. The summed E-state index contributed by atoms with van der Waals surface area (Å²) < 4.78 is 0. The van der Waals surface area contributed by atoms with Gasteiger partial charge in [-0.05, 0) is 49.3 Å². The van der Waals surface area contributed by atoms with Crippen molar-refractivity contribution in [2.45, 2.75) is 38.5 Å². The molecule has 0 unspecified atom stereocenters. The van der Waals surface area contributed by atoms with Crippen LogP contribution in [0, 0.1) is 0 Å². The first-order valence-corrected chi connectivity index (χ1v) is 7.36. The van der Waals surface area contributed by atoms with E-state index in [2.05, 4.69) is 12.4 Å². The Morgan fingerprint density at radius 2 is 1.91 bits per heavy atom. The van der Waals surface area contributed by atoms with Gasteiger partial charge in [0.05, 0.1) is 10.8 Å². The molecule has 0 heterocycles. The van der Waals surface area contributed by atoms with E-state index >= 15 is 0 Å². The van der Waals surface area contributed by atoms with Crippen LogP contribution in [0.25, 0.3) is 5.57 Å². The largest absolute Gasteiger partial charge is 0.305 e. The lowest BCUT2D eigenvalue weighted by Crippen LogP contribution is -2.53. The van der Waals surface area contributed by atoms with Crippen molar-refractivity contribution in [2.75, 3.05) is 0 Å². The van der Waals surface area contributed by atoms with Crippen LogP contribution in [0.1, 0.15) is 27.2 Å². The molecule has 4 nitrogen and oxygen atoms in total. The van der Waals surface area contributed by atoms with Crippen molar-refractivity contribution in [2.24, 2.45) is 5.73 Å². The molecular weight excluding hydrogens is 276 g/mol. The van der Waals surface area contributed by atoms with Crippen molar-refractivity contribution >= 4 is 11.5 Å². The summed E-state index contributed by atoms with van der Waals surface area (Å²) in [4.78, 5) is 16.7. The van der Waals surface area contributed by atoms with Crippen LogP contribution in [0.5, 0.6) is 0 Å². The molecule has 0 saturated heterocycles. The van der Waals surface area contributed by atoms with Crippen LogP contribution < -0.4 is 21.7 Å². The average Bonchev–Trinajstić information content (AvgIpc) is 2.54. The van der Waals surface area contributed by atoms with Crippen LogP contribution in [-0.4, -0.2) is 17.2 Å². The zero-order valence-electron chi connectivity index (χ0n) is 13.2. The Bertz CT molecular complexity index is 725. The molecule has 1 aromatic carbocycles. The van der Waals surface area contributed by atoms with E-state index in [-0.39, 0.29) is 5.60 Å². The highest BCUT2D eigenvalue weighted by Gasteiger charge is 2.25. The minimum Gasteiger partial charge on any atom is -0.305 e. The molecule has 1 aromatic rings. The van der Waals surface area contributed by atoms with E-state index in [1.54, 1.807) is 6.07 Å². The van der Waals surface area contributed by atoms with Gasteiger partial charge in [0, 0.05) is 0 Å². The highest BCUT2D eigenvalue weighted by molar-refractivity contribution is 5.70. The van der Waals surface area contributed by atoms with Gasteiger partial charge in [0.15, 0.2) is 0 Å². The second kappa shape index (κ2) is 6.42. The molecule has 0 atom stereocenters. The number of allylic oxidation sites excluding steroid dienone is 2. The number of nitrogens with two attached hydrogens (primary N) is 1. The van der Waals surface area contributed by atoms with Gasteiger partial charge in [-0.3, -0.25) is 4.84 Å². The van der Waals surface area contributed by atoms with Gasteiger partial charge in [0.1, 0.15) is 11.6 Å². The first-order valence-electron chi connectivity index (χ1n) is 7.36. The predicted molar refractivity (Wildman–Crippen MR) is 87.7 cm³/mol. The van der Waals surface area contributed by atoms with Crippen LogP contribution in [0.3, 0.4) is 0 Å². The van der Waals surface area contributed by atoms with Gasteiger partial charge in [-0.25, -0.2) is 4.79 Å². The summed E-state index contributed by atoms with van der Waals surface area (Å²) in [5.74, 6) is 1.96. The number of rotatable bonds is 4. The number of hydrogen-bond acceptors (Lipinski definition) is 4. The third-order valence-electron chi connectivity index (χ3n) is 3.78. The molecule has 0 bridgehead atoms. The number of carbonyl (C=O) groups excluding carboxylic acids is 1. The maximum Gasteiger partial charge on any atom is 0.133 e. The van der Waals surface area contributed by atoms with Gasteiger partial charge in [-0.1, -0.05) is 37.3 Å². The van der Waals surface area contributed by atoms with Gasteiger partial charge < -0.3 is 5.73 Å². The molecule has 0 fully saturated rings. The van der Waals surface area contributed by atoms with Crippen LogP contribution in [0.15, 0.2) is 48.6 Å². The average molecular weight is 298 g/mol. The van der Waals surface area contributed by atoms with Gasteiger partial charge in [0.25, 0.3) is 0 Å². The fourth-order valence-electron chi connectivity index (χ4n) is 1.94. The van der Waals surface area contributed by atoms with Crippen LogP contribution in [0.2, 0.25) is 0 Å². The van der Waals surface area contributed by atoms with Gasteiger partial charge in [-0.15, -0.1) is 0 Å². The predicted octanol–water partition coefficient (Wildman–Crippen LogP) is 0.831. The standard InChI is InChI=1S/C18H22N2O2/c1-4-17(2,3)22-20-18(19)11-9-14(10-12-18)16-8-6-5-7-15(16)13-21/h5-12,20H,4,19H2,1-3H3. The molecule has 0 spiro atoms. The van der Waals surface area contributed by atoms with E-state index in [0.29, 0.717) is 5.22 Å². The Labute approximate surface area is 130 Å². The van der Waals surface area contributed by atoms with Crippen LogP contribution in [-0.2, 0) is 9.63 Å². The van der Waals surface area contributed by atoms with Crippen molar-refractivity contribution in [3.05, 3.63) is 59.0 Å². The zero-order chi connectivity index (χ0) is 16.2. The molecule has 0 saturated carbocycles. The fourth-order valence-corrected chi connectivity index (χ4v) is 1.94. The van der Waals surface area contributed by atoms with Crippen molar-refractivity contribution in [3.8, 4) is 0 Å². The smallest absolute Gasteiger partial charge is 0.133 e. The molecule has 116 valence electrons. The monoisotopic (exact) mass is 298 g/mol. The minimum absolute atomic E-state index is 0.295. The van der Waals surface area contributed by atoms with Crippen molar-refractivity contribution in [3.63, 3.8) is 0 Å². The molecule has 0 amide bonds. The molecule has 0 aliphatic heterocycles. The van der Waals surface area contributed by atoms with E-state index in [1.165, 1.54) is 0 Å². The number of benzene rings is 1. The SMILES string of the molecule is CCC(C)(C)ONC1(N)C=CC(=c2ccccc2=C=O)C=C1. The maximum absolute atomic E-state index is 11.0. The summed E-state index contributed by atoms with van der Waals surface area (Å²) in [6.45, 7) is 6.04. The van der Waals surface area contributed by atoms with E-state index in [9.17, 15) is 4.79 Å². The number of hydrogen-bond donors (Lipinski definition) is 2. The molecule has 0 radical (unpaired) electrons. The summed E-state index contributed by atoms with van der Waals surface area (Å²) in [5, 5.41) is 1.37. The van der Waals surface area contributed by atoms with E-state index in [1.807, 2.05) is 62.3 Å². The summed E-state index contributed by atoms with van der Waals surface area (Å²) in [6.07, 6.45) is 8.26. The molecule has 4 heteroatoms. The normalized spacial score (nSPS) is 21.0. The molecule has 3 N–H and O–H groups in total. The van der Waals surface area contributed by atoms with Crippen molar-refractivity contribution < 1.29 is 9.63 Å². The molecule has 22 heavy (non-hydrogen) atoms. The molecule has 2 rings (SSSR count). The highest BCUT2D eigenvalue weighted by atomic mass is 16.7. The van der Waals surface area contributed by atoms with Crippen molar-refractivity contribution in [1.29, 1.82) is 0 Å². The van der Waals surface area contributed by atoms with Crippen LogP contribution in [0.4, 0.5) is 0 Å².